The lowest BCUT2D eigenvalue weighted by atomic mass is 10.2. The van der Waals surface area contributed by atoms with E-state index in [1.54, 1.807) is 4.90 Å². The third-order valence-electron chi connectivity index (χ3n) is 4.26. The van der Waals surface area contributed by atoms with Crippen molar-refractivity contribution < 1.29 is 9.53 Å². The normalized spacial score (nSPS) is 18.1. The van der Waals surface area contributed by atoms with Crippen LogP contribution in [0, 0.1) is 6.92 Å². The van der Waals surface area contributed by atoms with Crippen molar-refractivity contribution in [2.75, 3.05) is 25.1 Å². The molecular formula is C17H25N5O2S. The van der Waals surface area contributed by atoms with Crippen molar-refractivity contribution in [2.24, 2.45) is 0 Å². The maximum atomic E-state index is 12.3. The van der Waals surface area contributed by atoms with E-state index in [-0.39, 0.29) is 12.1 Å². The maximum Gasteiger partial charge on any atom is 0.410 e. The first-order valence-electron chi connectivity index (χ1n) is 8.36. The second-order valence-corrected chi connectivity index (χ2v) is 8.16. The summed E-state index contributed by atoms with van der Waals surface area (Å²) < 4.78 is 7.61. The molecule has 0 aromatic carbocycles. The summed E-state index contributed by atoms with van der Waals surface area (Å²) in [7, 11) is 0. The quantitative estimate of drug-likeness (QED) is 0.651. The average molecular weight is 363 g/mol. The lowest BCUT2D eigenvalue weighted by molar-refractivity contribution is 0.0289. The molecule has 0 aliphatic carbocycles. The summed E-state index contributed by atoms with van der Waals surface area (Å²) in [5, 5.41) is 1.56. The van der Waals surface area contributed by atoms with Gasteiger partial charge in [0.25, 0.3) is 0 Å². The van der Waals surface area contributed by atoms with Crippen LogP contribution in [-0.4, -0.2) is 50.5 Å². The van der Waals surface area contributed by atoms with Gasteiger partial charge in [0, 0.05) is 19.3 Å². The number of rotatable bonds is 2. The molecule has 1 amide bonds. The Labute approximate surface area is 151 Å². The van der Waals surface area contributed by atoms with Gasteiger partial charge in [0.2, 0.25) is 0 Å². The average Bonchev–Trinajstić information content (AvgIpc) is 3.10. The predicted octanol–water partition coefficient (Wildman–Crippen LogP) is 3.23. The zero-order valence-electron chi connectivity index (χ0n) is 15.4. The van der Waals surface area contributed by atoms with E-state index in [0.29, 0.717) is 24.1 Å². The van der Waals surface area contributed by atoms with Gasteiger partial charge in [0.1, 0.15) is 17.1 Å². The highest BCUT2D eigenvalue weighted by Crippen LogP contribution is 2.32. The third kappa shape index (κ3) is 3.53. The molecule has 0 bridgehead atoms. The summed E-state index contributed by atoms with van der Waals surface area (Å²) in [6.07, 6.45) is 4.59. The molecule has 2 aromatic heterocycles. The molecule has 1 aliphatic heterocycles. The summed E-state index contributed by atoms with van der Waals surface area (Å²) in [5.74, 6) is 0.507. The number of carbonyl (C=O) groups excluding carboxylic acids is 1. The minimum Gasteiger partial charge on any atom is -0.444 e. The molecule has 1 unspecified atom stereocenters. The Balaban J connectivity index is 1.88. The highest BCUT2D eigenvalue weighted by atomic mass is 32.2. The van der Waals surface area contributed by atoms with Crippen LogP contribution in [0.3, 0.4) is 0 Å². The van der Waals surface area contributed by atoms with Gasteiger partial charge in [-0.25, -0.2) is 14.8 Å². The van der Waals surface area contributed by atoms with Gasteiger partial charge in [-0.05, 0) is 45.9 Å². The van der Waals surface area contributed by atoms with Crippen LogP contribution in [0.5, 0.6) is 0 Å². The fraction of sp³-hybridized carbons (Fsp3) is 0.588. The number of aromatic nitrogens is 3. The predicted molar refractivity (Wildman–Crippen MR) is 99.9 cm³/mol. The summed E-state index contributed by atoms with van der Waals surface area (Å²) >= 11 is 1.47. The Kier molecular flexibility index (Phi) is 4.57. The molecule has 1 atom stereocenters. The SMILES string of the molecule is CSc1nc(N)c2c(C)cn(C3CCN(C(=O)OC(C)(C)C)C3)c2n1. The van der Waals surface area contributed by atoms with Crippen molar-refractivity contribution in [3.05, 3.63) is 11.8 Å². The number of amides is 1. The van der Waals surface area contributed by atoms with Crippen molar-refractivity contribution in [3.63, 3.8) is 0 Å². The molecular weight excluding hydrogens is 338 g/mol. The number of hydrogen-bond donors (Lipinski definition) is 1. The Bertz CT molecular complexity index is 811. The molecule has 0 spiro atoms. The van der Waals surface area contributed by atoms with Crippen molar-refractivity contribution in [3.8, 4) is 0 Å². The first-order chi connectivity index (χ1) is 11.7. The van der Waals surface area contributed by atoms with E-state index in [1.807, 2.05) is 34.0 Å². The first kappa shape index (κ1) is 17.8. The monoisotopic (exact) mass is 363 g/mol. The highest BCUT2D eigenvalue weighted by molar-refractivity contribution is 7.98. The van der Waals surface area contributed by atoms with Crippen LogP contribution in [0.2, 0.25) is 0 Å². The van der Waals surface area contributed by atoms with Gasteiger partial charge in [0.15, 0.2) is 5.16 Å². The van der Waals surface area contributed by atoms with E-state index in [1.165, 1.54) is 11.8 Å². The topological polar surface area (TPSA) is 86.3 Å². The fourth-order valence-electron chi connectivity index (χ4n) is 3.18. The standard InChI is InChI=1S/C17H25N5O2S/c1-10-8-22(14-12(10)13(18)19-15(20-14)25-5)11-6-7-21(9-11)16(23)24-17(2,3)4/h8,11H,6-7,9H2,1-5H3,(H2,18,19,20). The number of nitrogens with zero attached hydrogens (tertiary/aromatic N) is 4. The van der Waals surface area contributed by atoms with Gasteiger partial charge in [-0.3, -0.25) is 0 Å². The molecule has 1 saturated heterocycles. The Morgan fingerprint density at radius 2 is 2.12 bits per heavy atom. The van der Waals surface area contributed by atoms with E-state index in [4.69, 9.17) is 10.5 Å². The number of thioether (sulfide) groups is 1. The number of carbonyl (C=O) groups is 1. The van der Waals surface area contributed by atoms with Crippen LogP contribution < -0.4 is 5.73 Å². The molecule has 136 valence electrons. The molecule has 7 nitrogen and oxygen atoms in total. The van der Waals surface area contributed by atoms with Crippen molar-refractivity contribution in [1.82, 2.24) is 19.4 Å². The summed E-state index contributed by atoms with van der Waals surface area (Å²) in [4.78, 5) is 23.1. The zero-order chi connectivity index (χ0) is 18.4. The van der Waals surface area contributed by atoms with E-state index in [2.05, 4.69) is 20.7 Å². The number of hydrogen-bond acceptors (Lipinski definition) is 6. The fourth-order valence-corrected chi connectivity index (χ4v) is 3.54. The second-order valence-electron chi connectivity index (χ2n) is 7.38. The van der Waals surface area contributed by atoms with Gasteiger partial charge in [-0.2, -0.15) is 0 Å². The molecule has 0 radical (unpaired) electrons. The lowest BCUT2D eigenvalue weighted by Crippen LogP contribution is -2.35. The molecule has 0 saturated carbocycles. The smallest absolute Gasteiger partial charge is 0.410 e. The molecule has 2 aromatic rings. The van der Waals surface area contributed by atoms with Crippen molar-refractivity contribution in [2.45, 2.75) is 50.9 Å². The van der Waals surface area contributed by atoms with Gasteiger partial charge in [-0.1, -0.05) is 11.8 Å². The molecule has 2 N–H and O–H groups in total. The number of anilines is 1. The summed E-state index contributed by atoms with van der Waals surface area (Å²) in [5.41, 5.74) is 7.53. The first-order valence-corrected chi connectivity index (χ1v) is 9.58. The van der Waals surface area contributed by atoms with Crippen molar-refractivity contribution >= 4 is 34.7 Å². The number of fused-ring (bicyclic) bond motifs is 1. The molecule has 8 heteroatoms. The minimum absolute atomic E-state index is 0.160. The molecule has 3 heterocycles. The molecule has 1 fully saturated rings. The molecule has 25 heavy (non-hydrogen) atoms. The summed E-state index contributed by atoms with van der Waals surface area (Å²) in [6, 6.07) is 0.160. The van der Waals surface area contributed by atoms with Crippen LogP contribution in [-0.2, 0) is 4.74 Å². The number of ether oxygens (including phenoxy) is 1. The summed E-state index contributed by atoms with van der Waals surface area (Å²) in [6.45, 7) is 8.93. The van der Waals surface area contributed by atoms with E-state index in [9.17, 15) is 4.79 Å². The second kappa shape index (κ2) is 6.40. The molecule has 3 rings (SSSR count). The molecule has 1 aliphatic rings. The number of nitrogen functional groups attached to an aromatic ring is 1. The van der Waals surface area contributed by atoms with Crippen LogP contribution in [0.4, 0.5) is 10.6 Å². The Hall–Kier alpha value is -1.96. The lowest BCUT2D eigenvalue weighted by Gasteiger charge is -2.24. The van der Waals surface area contributed by atoms with Crippen LogP contribution in [0.1, 0.15) is 38.8 Å². The van der Waals surface area contributed by atoms with E-state index < -0.39 is 5.60 Å². The van der Waals surface area contributed by atoms with Crippen LogP contribution in [0.25, 0.3) is 11.0 Å². The number of aryl methyl sites for hydroxylation is 1. The van der Waals surface area contributed by atoms with Gasteiger partial charge < -0.3 is 19.9 Å². The zero-order valence-corrected chi connectivity index (χ0v) is 16.2. The number of nitrogens with two attached hydrogens (primary N) is 1. The van der Waals surface area contributed by atoms with Crippen LogP contribution >= 0.6 is 11.8 Å². The van der Waals surface area contributed by atoms with Gasteiger partial charge in [-0.15, -0.1) is 0 Å². The largest absolute Gasteiger partial charge is 0.444 e. The van der Waals surface area contributed by atoms with Crippen molar-refractivity contribution in [1.29, 1.82) is 0 Å². The minimum atomic E-state index is -0.485. The van der Waals surface area contributed by atoms with E-state index in [0.717, 1.165) is 23.0 Å². The highest BCUT2D eigenvalue weighted by Gasteiger charge is 2.31. The Morgan fingerprint density at radius 3 is 2.76 bits per heavy atom. The van der Waals surface area contributed by atoms with Gasteiger partial charge >= 0.3 is 6.09 Å². The van der Waals surface area contributed by atoms with Gasteiger partial charge in [0.05, 0.1) is 11.4 Å². The third-order valence-corrected chi connectivity index (χ3v) is 4.81. The number of likely N-dealkylation sites (tertiary alicyclic amines) is 1. The van der Waals surface area contributed by atoms with Crippen LogP contribution in [0.15, 0.2) is 11.4 Å². The maximum absolute atomic E-state index is 12.3. The van der Waals surface area contributed by atoms with E-state index >= 15 is 0 Å². The Morgan fingerprint density at radius 1 is 1.40 bits per heavy atom.